The molecular formula is H2Hf2O3S. The Hall–Kier alpha value is 1.81. The van der Waals surface area contributed by atoms with E-state index in [1.807, 2.05) is 0 Å². The summed E-state index contributed by atoms with van der Waals surface area (Å²) >= 11 is -2.61. The van der Waals surface area contributed by atoms with Crippen LogP contribution in [-0.4, -0.2) is 13.3 Å². The first kappa shape index (κ1) is 15.7. The Kier molecular flexibility index (Phi) is 25.9. The van der Waals surface area contributed by atoms with Gasteiger partial charge >= 0.3 is 0 Å². The van der Waals surface area contributed by atoms with Gasteiger partial charge in [0.25, 0.3) is 11.4 Å². The van der Waals surface area contributed by atoms with Crippen LogP contribution in [0.2, 0.25) is 0 Å². The van der Waals surface area contributed by atoms with Crippen LogP contribution in [0.15, 0.2) is 0 Å². The Morgan fingerprint density at radius 3 is 1.17 bits per heavy atom. The molecule has 0 fully saturated rings. The molecule has 2 N–H and O–H groups in total. The average Bonchev–Trinajstić information content (AvgIpc) is 0.811. The minimum atomic E-state index is -2.61. The average molecular weight is 439 g/mol. The zero-order valence-electron chi connectivity index (χ0n) is 2.71. The zero-order valence-corrected chi connectivity index (χ0v) is 10.7. The molecule has 0 atom stereocenters. The van der Waals surface area contributed by atoms with E-state index in [1.54, 1.807) is 0 Å². The molecule has 3 nitrogen and oxygen atoms in total. The van der Waals surface area contributed by atoms with Gasteiger partial charge in [-0.3, -0.25) is 9.11 Å². The molecule has 34 valence electrons. The SMILES string of the molecule is O=S(O)O.[Hf].[Hf]. The third-order valence-corrected chi connectivity index (χ3v) is 0. The predicted molar refractivity (Wildman–Crippen MR) is 13.4 cm³/mol. The van der Waals surface area contributed by atoms with Gasteiger partial charge in [-0.05, 0) is 0 Å². The number of hydrogen-bond donors (Lipinski definition) is 2. The molecule has 0 aliphatic carbocycles. The Labute approximate surface area is 75.6 Å². The second-order valence-corrected chi connectivity index (χ2v) is 0.692. The minimum Gasteiger partial charge on any atom is -0.284 e. The maximum absolute atomic E-state index is 8.67. The van der Waals surface area contributed by atoms with Crippen LogP contribution in [0.3, 0.4) is 0 Å². The molecule has 0 aliphatic rings. The predicted octanol–water partition coefficient (Wildman–Crippen LogP) is -0.324. The van der Waals surface area contributed by atoms with Crippen molar-refractivity contribution >= 4 is 11.4 Å². The Morgan fingerprint density at radius 1 is 1.17 bits per heavy atom. The van der Waals surface area contributed by atoms with Crippen LogP contribution < -0.4 is 0 Å². The molecule has 0 unspecified atom stereocenters. The van der Waals surface area contributed by atoms with Crippen molar-refractivity contribution in [3.05, 3.63) is 0 Å². The Morgan fingerprint density at radius 2 is 1.17 bits per heavy atom. The van der Waals surface area contributed by atoms with Crippen molar-refractivity contribution in [2.75, 3.05) is 0 Å². The van der Waals surface area contributed by atoms with Crippen molar-refractivity contribution in [3.8, 4) is 0 Å². The van der Waals surface area contributed by atoms with Crippen LogP contribution in [0.5, 0.6) is 0 Å². The molecule has 6 heavy (non-hydrogen) atoms. The molecule has 0 saturated carbocycles. The van der Waals surface area contributed by atoms with E-state index in [0.29, 0.717) is 0 Å². The van der Waals surface area contributed by atoms with Crippen molar-refractivity contribution in [2.45, 2.75) is 0 Å². The van der Waals surface area contributed by atoms with Crippen molar-refractivity contribution in [3.63, 3.8) is 0 Å². The van der Waals surface area contributed by atoms with Gasteiger partial charge in [-0.25, -0.2) is 0 Å². The first-order valence-corrected chi connectivity index (χ1v) is 1.60. The van der Waals surface area contributed by atoms with Gasteiger partial charge in [0.15, 0.2) is 0 Å². The maximum atomic E-state index is 8.67. The van der Waals surface area contributed by atoms with Crippen LogP contribution in [0.4, 0.5) is 0 Å². The van der Waals surface area contributed by atoms with Crippen LogP contribution in [0.25, 0.3) is 0 Å². The maximum Gasteiger partial charge on any atom is 0.299 e. The monoisotopic (exact) mass is 442 g/mol. The molecule has 0 aromatic rings. The van der Waals surface area contributed by atoms with E-state index in [0.717, 1.165) is 0 Å². The van der Waals surface area contributed by atoms with Gasteiger partial charge < -0.3 is 0 Å². The van der Waals surface area contributed by atoms with E-state index in [2.05, 4.69) is 0 Å². The summed E-state index contributed by atoms with van der Waals surface area (Å²) in [5.41, 5.74) is 0. The first-order chi connectivity index (χ1) is 1.73. The van der Waals surface area contributed by atoms with Crippen molar-refractivity contribution in [2.24, 2.45) is 0 Å². The summed E-state index contributed by atoms with van der Waals surface area (Å²) in [6.45, 7) is 0. The molecule has 0 saturated heterocycles. The quantitative estimate of drug-likeness (QED) is 0.402. The molecule has 0 aromatic carbocycles. The topological polar surface area (TPSA) is 57.5 Å². The zero-order chi connectivity index (χ0) is 3.58. The molecule has 0 bridgehead atoms. The molecule has 0 spiro atoms. The largest absolute Gasteiger partial charge is 0.299 e. The second kappa shape index (κ2) is 9.94. The van der Waals surface area contributed by atoms with Gasteiger partial charge in [-0.2, -0.15) is 4.21 Å². The third-order valence-electron chi connectivity index (χ3n) is 0. The number of rotatable bonds is 0. The standard InChI is InChI=1S/2Hf.H2O3S/c;;1-4(2)3/h;;(H2,1,2,3). The molecule has 0 radical (unpaired) electrons. The van der Waals surface area contributed by atoms with E-state index in [1.165, 1.54) is 0 Å². The van der Waals surface area contributed by atoms with Crippen molar-refractivity contribution in [1.82, 2.24) is 0 Å². The van der Waals surface area contributed by atoms with E-state index >= 15 is 0 Å². The van der Waals surface area contributed by atoms with Gasteiger partial charge in [0.2, 0.25) is 0 Å². The van der Waals surface area contributed by atoms with Gasteiger partial charge in [-0.15, -0.1) is 0 Å². The van der Waals surface area contributed by atoms with Gasteiger partial charge in [0.05, 0.1) is 0 Å². The van der Waals surface area contributed by atoms with E-state index in [9.17, 15) is 0 Å². The van der Waals surface area contributed by atoms with Crippen molar-refractivity contribution in [1.29, 1.82) is 0 Å². The van der Waals surface area contributed by atoms with Crippen LogP contribution in [-0.2, 0) is 63.0 Å². The molecule has 0 aliphatic heterocycles. The fourth-order valence-corrected chi connectivity index (χ4v) is 0. The summed E-state index contributed by atoms with van der Waals surface area (Å²) in [5.74, 6) is 0. The fourth-order valence-electron chi connectivity index (χ4n) is 0. The Bertz CT molecular complexity index is 31.8. The summed E-state index contributed by atoms with van der Waals surface area (Å²) in [4.78, 5) is 0. The summed E-state index contributed by atoms with van der Waals surface area (Å²) < 4.78 is 22.8. The van der Waals surface area contributed by atoms with Crippen LogP contribution >= 0.6 is 0 Å². The first-order valence-electron chi connectivity index (χ1n) is 0.532. The summed E-state index contributed by atoms with van der Waals surface area (Å²) in [5, 5.41) is 0. The fraction of sp³-hybridized carbons (Fsp3) is 0. The molecule has 6 heteroatoms. The summed E-state index contributed by atoms with van der Waals surface area (Å²) in [6, 6.07) is 0. The summed E-state index contributed by atoms with van der Waals surface area (Å²) in [6.07, 6.45) is 0. The molecule has 0 aromatic heterocycles. The van der Waals surface area contributed by atoms with Crippen LogP contribution in [0, 0.1) is 0 Å². The number of hydrogen-bond acceptors (Lipinski definition) is 1. The normalized spacial score (nSPS) is 5.83. The van der Waals surface area contributed by atoms with Gasteiger partial charge in [-0.1, -0.05) is 0 Å². The molecule has 0 amide bonds. The Balaban J connectivity index is -0.0000000450. The summed E-state index contributed by atoms with van der Waals surface area (Å²) in [7, 11) is 0. The second-order valence-electron chi connectivity index (χ2n) is 0.231. The smallest absolute Gasteiger partial charge is 0.284 e. The van der Waals surface area contributed by atoms with E-state index in [4.69, 9.17) is 13.3 Å². The molecule has 0 rings (SSSR count). The van der Waals surface area contributed by atoms with E-state index in [-0.39, 0.29) is 51.7 Å². The molecule has 0 heterocycles. The van der Waals surface area contributed by atoms with Crippen molar-refractivity contribution < 1.29 is 65.0 Å². The van der Waals surface area contributed by atoms with E-state index < -0.39 is 11.4 Å². The van der Waals surface area contributed by atoms with Crippen LogP contribution in [0.1, 0.15) is 0 Å². The minimum absolute atomic E-state index is 0. The van der Waals surface area contributed by atoms with Gasteiger partial charge in [0.1, 0.15) is 0 Å². The third kappa shape index (κ3) is 41.0. The molecular weight excluding hydrogens is 437 g/mol. The van der Waals surface area contributed by atoms with Gasteiger partial charge in [0, 0.05) is 51.7 Å².